The SMILES string of the molecule is CCC1=NO[C@@H](CN2CCc3[nH]nc(C(=O)NC)c3C2)C1. The van der Waals surface area contributed by atoms with Gasteiger partial charge in [-0.2, -0.15) is 5.10 Å². The van der Waals surface area contributed by atoms with Crippen molar-refractivity contribution in [1.82, 2.24) is 20.4 Å². The number of oxime groups is 1. The molecule has 1 aromatic rings. The zero-order valence-electron chi connectivity index (χ0n) is 12.5. The van der Waals surface area contributed by atoms with E-state index in [0.717, 1.165) is 55.9 Å². The molecule has 114 valence electrons. The van der Waals surface area contributed by atoms with Crippen molar-refractivity contribution >= 4 is 11.6 Å². The predicted octanol–water partition coefficient (Wildman–Crippen LogP) is 0.682. The highest BCUT2D eigenvalue weighted by molar-refractivity contribution is 5.93. The number of amides is 1. The maximum Gasteiger partial charge on any atom is 0.271 e. The molecule has 0 aromatic carbocycles. The standard InChI is InChI=1S/C14H21N5O2/c1-3-9-6-10(21-18-9)7-19-5-4-12-11(8-19)13(17-16-12)14(20)15-2/h10H,3-8H2,1-2H3,(H,15,20)(H,16,17)/t10-/m1/s1. The van der Waals surface area contributed by atoms with Crippen molar-refractivity contribution in [2.24, 2.45) is 5.16 Å². The number of carbonyl (C=O) groups excluding carboxylic acids is 1. The molecule has 0 saturated heterocycles. The molecule has 3 rings (SSSR count). The molecule has 0 aliphatic carbocycles. The Morgan fingerprint density at radius 2 is 2.43 bits per heavy atom. The summed E-state index contributed by atoms with van der Waals surface area (Å²) in [5.41, 5.74) is 3.72. The summed E-state index contributed by atoms with van der Waals surface area (Å²) >= 11 is 0. The lowest BCUT2D eigenvalue weighted by molar-refractivity contribution is 0.0486. The number of aromatic amines is 1. The Morgan fingerprint density at radius 3 is 3.14 bits per heavy atom. The van der Waals surface area contributed by atoms with Gasteiger partial charge in [-0.05, 0) is 6.42 Å². The fourth-order valence-electron chi connectivity index (χ4n) is 2.89. The first-order valence-electron chi connectivity index (χ1n) is 7.43. The quantitative estimate of drug-likeness (QED) is 0.854. The molecule has 2 aliphatic rings. The minimum Gasteiger partial charge on any atom is -0.391 e. The Hall–Kier alpha value is -1.89. The van der Waals surface area contributed by atoms with E-state index in [1.165, 1.54) is 0 Å². The zero-order chi connectivity index (χ0) is 14.8. The number of nitrogens with zero attached hydrogens (tertiary/aromatic N) is 3. The van der Waals surface area contributed by atoms with E-state index in [1.807, 2.05) is 0 Å². The number of aromatic nitrogens is 2. The van der Waals surface area contributed by atoms with E-state index in [4.69, 9.17) is 4.84 Å². The van der Waals surface area contributed by atoms with Crippen LogP contribution in [0.5, 0.6) is 0 Å². The van der Waals surface area contributed by atoms with Gasteiger partial charge in [-0.1, -0.05) is 12.1 Å². The molecule has 1 amide bonds. The Balaban J connectivity index is 1.64. The van der Waals surface area contributed by atoms with E-state index in [-0.39, 0.29) is 12.0 Å². The van der Waals surface area contributed by atoms with Crippen LogP contribution in [-0.4, -0.2) is 53.0 Å². The summed E-state index contributed by atoms with van der Waals surface area (Å²) in [6, 6.07) is 0. The molecule has 2 aliphatic heterocycles. The van der Waals surface area contributed by atoms with Gasteiger partial charge in [0.2, 0.25) is 0 Å². The highest BCUT2D eigenvalue weighted by atomic mass is 16.6. The van der Waals surface area contributed by atoms with Crippen LogP contribution in [0.4, 0.5) is 0 Å². The number of rotatable bonds is 4. The van der Waals surface area contributed by atoms with Crippen LogP contribution in [0.25, 0.3) is 0 Å². The lowest BCUT2D eigenvalue weighted by Gasteiger charge is -2.28. The maximum atomic E-state index is 11.8. The van der Waals surface area contributed by atoms with E-state index in [2.05, 4.69) is 32.5 Å². The first-order valence-corrected chi connectivity index (χ1v) is 7.43. The van der Waals surface area contributed by atoms with Gasteiger partial charge in [0.1, 0.15) is 6.10 Å². The van der Waals surface area contributed by atoms with Crippen molar-refractivity contribution in [3.8, 4) is 0 Å². The maximum absolute atomic E-state index is 11.8. The van der Waals surface area contributed by atoms with Crippen molar-refractivity contribution in [3.05, 3.63) is 17.0 Å². The summed E-state index contributed by atoms with van der Waals surface area (Å²) in [5, 5.41) is 13.9. The zero-order valence-corrected chi connectivity index (χ0v) is 12.5. The summed E-state index contributed by atoms with van der Waals surface area (Å²) in [6.07, 6.45) is 2.88. The van der Waals surface area contributed by atoms with Crippen LogP contribution >= 0.6 is 0 Å². The second-order valence-electron chi connectivity index (χ2n) is 5.54. The summed E-state index contributed by atoms with van der Waals surface area (Å²) in [6.45, 7) is 4.61. The second-order valence-corrected chi connectivity index (χ2v) is 5.54. The lowest BCUT2D eigenvalue weighted by atomic mass is 10.0. The summed E-state index contributed by atoms with van der Waals surface area (Å²) in [5.74, 6) is -0.136. The molecule has 0 saturated carbocycles. The largest absolute Gasteiger partial charge is 0.391 e. The fraction of sp³-hybridized carbons (Fsp3) is 0.643. The van der Waals surface area contributed by atoms with Gasteiger partial charge in [-0.15, -0.1) is 0 Å². The molecule has 21 heavy (non-hydrogen) atoms. The number of carbonyl (C=O) groups is 1. The highest BCUT2D eigenvalue weighted by Crippen LogP contribution is 2.22. The number of fused-ring (bicyclic) bond motifs is 1. The van der Waals surface area contributed by atoms with E-state index >= 15 is 0 Å². The Morgan fingerprint density at radius 1 is 1.57 bits per heavy atom. The van der Waals surface area contributed by atoms with Gasteiger partial charge in [-0.25, -0.2) is 0 Å². The number of H-pyrrole nitrogens is 1. The van der Waals surface area contributed by atoms with Gasteiger partial charge in [0, 0.05) is 50.8 Å². The molecule has 0 radical (unpaired) electrons. The third kappa shape index (κ3) is 2.78. The van der Waals surface area contributed by atoms with E-state index < -0.39 is 0 Å². The molecule has 7 nitrogen and oxygen atoms in total. The molecular formula is C14H21N5O2. The van der Waals surface area contributed by atoms with Crippen molar-refractivity contribution in [2.75, 3.05) is 20.1 Å². The smallest absolute Gasteiger partial charge is 0.271 e. The van der Waals surface area contributed by atoms with E-state index in [1.54, 1.807) is 7.05 Å². The lowest BCUT2D eigenvalue weighted by Crippen LogP contribution is -2.37. The number of nitrogens with one attached hydrogen (secondary N) is 2. The Kier molecular flexibility index (Phi) is 3.92. The second kappa shape index (κ2) is 5.85. The van der Waals surface area contributed by atoms with Crippen LogP contribution in [0.3, 0.4) is 0 Å². The van der Waals surface area contributed by atoms with Crippen LogP contribution in [0.15, 0.2) is 5.16 Å². The molecule has 2 N–H and O–H groups in total. The van der Waals surface area contributed by atoms with Crippen LogP contribution in [0.1, 0.15) is 41.5 Å². The number of hydrogen-bond donors (Lipinski definition) is 2. The normalized spacial score (nSPS) is 21.6. The first-order chi connectivity index (χ1) is 10.2. The van der Waals surface area contributed by atoms with Crippen LogP contribution in [-0.2, 0) is 17.8 Å². The molecule has 0 spiro atoms. The monoisotopic (exact) mass is 291 g/mol. The van der Waals surface area contributed by atoms with E-state index in [0.29, 0.717) is 5.69 Å². The molecule has 1 atom stereocenters. The van der Waals surface area contributed by atoms with Gasteiger partial charge < -0.3 is 10.2 Å². The summed E-state index contributed by atoms with van der Waals surface area (Å²) in [4.78, 5) is 19.6. The summed E-state index contributed by atoms with van der Waals surface area (Å²) < 4.78 is 0. The highest BCUT2D eigenvalue weighted by Gasteiger charge is 2.28. The molecule has 7 heteroatoms. The van der Waals surface area contributed by atoms with Crippen LogP contribution < -0.4 is 5.32 Å². The average Bonchev–Trinajstić information content (AvgIpc) is 3.12. The molecule has 1 aromatic heterocycles. The van der Waals surface area contributed by atoms with Gasteiger partial charge in [0.25, 0.3) is 5.91 Å². The summed E-state index contributed by atoms with van der Waals surface area (Å²) in [7, 11) is 1.62. The predicted molar refractivity (Wildman–Crippen MR) is 78.2 cm³/mol. The van der Waals surface area contributed by atoms with Gasteiger partial charge in [0.05, 0.1) is 5.71 Å². The van der Waals surface area contributed by atoms with Crippen LogP contribution in [0, 0.1) is 0 Å². The Bertz CT molecular complexity index is 566. The molecular weight excluding hydrogens is 270 g/mol. The average molecular weight is 291 g/mol. The van der Waals surface area contributed by atoms with E-state index in [9.17, 15) is 4.79 Å². The Labute approximate surface area is 123 Å². The first kappa shape index (κ1) is 14.1. The van der Waals surface area contributed by atoms with Crippen molar-refractivity contribution in [2.45, 2.75) is 38.8 Å². The third-order valence-corrected chi connectivity index (χ3v) is 4.12. The third-order valence-electron chi connectivity index (χ3n) is 4.12. The molecule has 0 fully saturated rings. The van der Waals surface area contributed by atoms with Crippen LogP contribution in [0.2, 0.25) is 0 Å². The fourth-order valence-corrected chi connectivity index (χ4v) is 2.89. The van der Waals surface area contributed by atoms with Gasteiger partial charge >= 0.3 is 0 Å². The minimum atomic E-state index is -0.136. The minimum absolute atomic E-state index is 0.136. The number of hydrogen-bond acceptors (Lipinski definition) is 5. The van der Waals surface area contributed by atoms with Gasteiger partial charge in [0.15, 0.2) is 5.69 Å². The molecule has 3 heterocycles. The van der Waals surface area contributed by atoms with Crippen molar-refractivity contribution < 1.29 is 9.63 Å². The van der Waals surface area contributed by atoms with Gasteiger partial charge in [-0.3, -0.25) is 14.8 Å². The molecule has 0 bridgehead atoms. The topological polar surface area (TPSA) is 82.6 Å². The molecule has 0 unspecified atom stereocenters. The van der Waals surface area contributed by atoms with Crippen molar-refractivity contribution in [3.63, 3.8) is 0 Å². The van der Waals surface area contributed by atoms with Crippen molar-refractivity contribution in [1.29, 1.82) is 0 Å².